The number of amides is 1. The lowest BCUT2D eigenvalue weighted by molar-refractivity contribution is 0.102. The minimum atomic E-state index is -0.250. The number of hydrogen-bond acceptors (Lipinski definition) is 6. The summed E-state index contributed by atoms with van der Waals surface area (Å²) in [5, 5.41) is 2.79. The molecule has 0 radical (unpaired) electrons. The molecular formula is C21H22N6O. The zero-order valence-corrected chi connectivity index (χ0v) is 15.7. The highest BCUT2D eigenvalue weighted by Gasteiger charge is 2.24. The van der Waals surface area contributed by atoms with Gasteiger partial charge in [0.05, 0.1) is 0 Å². The Labute approximate surface area is 163 Å². The van der Waals surface area contributed by atoms with Crippen LogP contribution in [0.25, 0.3) is 0 Å². The number of pyridine rings is 2. The lowest BCUT2D eigenvalue weighted by Gasteiger charge is -2.33. The van der Waals surface area contributed by atoms with Gasteiger partial charge in [-0.25, -0.2) is 19.9 Å². The Balaban J connectivity index is 1.49. The molecule has 1 aliphatic rings. The number of nitrogens with one attached hydrogen (secondary N) is 1. The highest BCUT2D eigenvalue weighted by molar-refractivity contribution is 6.02. The molecule has 142 valence electrons. The predicted octanol–water partition coefficient (Wildman–Crippen LogP) is 3.21. The third kappa shape index (κ3) is 4.14. The first kappa shape index (κ1) is 18.0. The molecule has 7 heteroatoms. The van der Waals surface area contributed by atoms with E-state index in [1.165, 1.54) is 0 Å². The first-order valence-corrected chi connectivity index (χ1v) is 9.43. The first-order valence-electron chi connectivity index (χ1n) is 9.43. The van der Waals surface area contributed by atoms with Gasteiger partial charge < -0.3 is 10.2 Å². The van der Waals surface area contributed by atoms with Crippen molar-refractivity contribution in [2.24, 2.45) is 0 Å². The number of anilines is 2. The Morgan fingerprint density at radius 3 is 2.82 bits per heavy atom. The maximum absolute atomic E-state index is 12.5. The normalized spacial score (nSPS) is 16.6. The molecule has 3 aromatic heterocycles. The van der Waals surface area contributed by atoms with Gasteiger partial charge in [-0.1, -0.05) is 12.1 Å². The molecule has 1 saturated heterocycles. The molecule has 3 aromatic rings. The van der Waals surface area contributed by atoms with Crippen LogP contribution in [0.2, 0.25) is 0 Å². The van der Waals surface area contributed by atoms with Crippen molar-refractivity contribution < 1.29 is 4.79 Å². The summed E-state index contributed by atoms with van der Waals surface area (Å²) in [4.78, 5) is 32.3. The van der Waals surface area contributed by atoms with Crippen molar-refractivity contribution in [3.05, 3.63) is 72.1 Å². The van der Waals surface area contributed by atoms with E-state index in [1.54, 1.807) is 24.5 Å². The SMILES string of the molecule is Cc1nccc(N2CCCC(c3cccc(C(=O)Nc4ccccn4)n3)C2)n1. The van der Waals surface area contributed by atoms with Crippen LogP contribution < -0.4 is 10.2 Å². The highest BCUT2D eigenvalue weighted by atomic mass is 16.1. The third-order valence-electron chi connectivity index (χ3n) is 4.83. The smallest absolute Gasteiger partial charge is 0.275 e. The van der Waals surface area contributed by atoms with Gasteiger partial charge in [0.15, 0.2) is 0 Å². The lowest BCUT2D eigenvalue weighted by Crippen LogP contribution is -2.35. The summed E-state index contributed by atoms with van der Waals surface area (Å²) >= 11 is 0. The summed E-state index contributed by atoms with van der Waals surface area (Å²) in [6.07, 6.45) is 5.53. The van der Waals surface area contributed by atoms with E-state index < -0.39 is 0 Å². The van der Waals surface area contributed by atoms with Crippen LogP contribution in [-0.4, -0.2) is 38.9 Å². The molecule has 7 nitrogen and oxygen atoms in total. The van der Waals surface area contributed by atoms with E-state index in [1.807, 2.05) is 37.3 Å². The van der Waals surface area contributed by atoms with E-state index in [2.05, 4.69) is 30.2 Å². The number of hydrogen-bond donors (Lipinski definition) is 1. The summed E-state index contributed by atoms with van der Waals surface area (Å²) in [7, 11) is 0. The van der Waals surface area contributed by atoms with E-state index in [4.69, 9.17) is 0 Å². The Morgan fingerprint density at radius 2 is 2.00 bits per heavy atom. The van der Waals surface area contributed by atoms with Gasteiger partial charge in [-0.3, -0.25) is 4.79 Å². The van der Waals surface area contributed by atoms with Crippen LogP contribution in [0.3, 0.4) is 0 Å². The van der Waals surface area contributed by atoms with E-state index >= 15 is 0 Å². The van der Waals surface area contributed by atoms with Gasteiger partial charge in [0.2, 0.25) is 0 Å². The minimum Gasteiger partial charge on any atom is -0.356 e. The molecule has 0 aromatic carbocycles. The first-order chi connectivity index (χ1) is 13.7. The molecule has 0 spiro atoms. The van der Waals surface area contributed by atoms with Gasteiger partial charge in [0.25, 0.3) is 5.91 Å². The number of rotatable bonds is 4. The van der Waals surface area contributed by atoms with Gasteiger partial charge in [-0.2, -0.15) is 0 Å². The monoisotopic (exact) mass is 374 g/mol. The van der Waals surface area contributed by atoms with Crippen molar-refractivity contribution in [3.63, 3.8) is 0 Å². The van der Waals surface area contributed by atoms with Gasteiger partial charge in [-0.15, -0.1) is 0 Å². The number of aromatic nitrogens is 4. The molecule has 0 saturated carbocycles. The molecule has 4 heterocycles. The van der Waals surface area contributed by atoms with Gasteiger partial charge in [0.1, 0.15) is 23.2 Å². The lowest BCUT2D eigenvalue weighted by atomic mass is 9.94. The number of carbonyl (C=O) groups is 1. The van der Waals surface area contributed by atoms with Gasteiger partial charge in [-0.05, 0) is 50.1 Å². The predicted molar refractivity (Wildman–Crippen MR) is 107 cm³/mol. The van der Waals surface area contributed by atoms with Crippen LogP contribution in [-0.2, 0) is 0 Å². The highest BCUT2D eigenvalue weighted by Crippen LogP contribution is 2.28. The number of aryl methyl sites for hydroxylation is 1. The fourth-order valence-electron chi connectivity index (χ4n) is 3.47. The van der Waals surface area contributed by atoms with Crippen LogP contribution in [0.5, 0.6) is 0 Å². The van der Waals surface area contributed by atoms with E-state index in [9.17, 15) is 4.79 Å². The van der Waals surface area contributed by atoms with Crippen LogP contribution in [0.4, 0.5) is 11.6 Å². The summed E-state index contributed by atoms with van der Waals surface area (Å²) in [6, 6.07) is 13.0. The largest absolute Gasteiger partial charge is 0.356 e. The Hall–Kier alpha value is -3.35. The van der Waals surface area contributed by atoms with Crippen molar-refractivity contribution in [3.8, 4) is 0 Å². The standard InChI is InChI=1S/C21H22N6O/c1-15-22-12-10-20(24-15)27-13-5-6-16(14-27)17-7-4-8-18(25-17)21(28)26-19-9-2-3-11-23-19/h2-4,7-12,16H,5-6,13-14H2,1H3,(H,23,26,28). The molecule has 1 fully saturated rings. The number of nitrogens with zero attached hydrogens (tertiary/aromatic N) is 5. The second kappa shape index (κ2) is 8.12. The third-order valence-corrected chi connectivity index (χ3v) is 4.83. The average Bonchev–Trinajstić information content (AvgIpc) is 2.75. The van der Waals surface area contributed by atoms with Crippen LogP contribution >= 0.6 is 0 Å². The van der Waals surface area contributed by atoms with Crippen molar-refractivity contribution in [2.75, 3.05) is 23.3 Å². The quantitative estimate of drug-likeness (QED) is 0.755. The Morgan fingerprint density at radius 1 is 1.07 bits per heavy atom. The number of piperidine rings is 1. The molecule has 1 aliphatic heterocycles. The van der Waals surface area contributed by atoms with Gasteiger partial charge in [0, 0.05) is 37.1 Å². The molecule has 1 atom stereocenters. The zero-order chi connectivity index (χ0) is 19.3. The van der Waals surface area contributed by atoms with Crippen molar-refractivity contribution in [1.29, 1.82) is 0 Å². The maximum atomic E-state index is 12.5. The molecule has 0 bridgehead atoms. The zero-order valence-electron chi connectivity index (χ0n) is 15.7. The van der Waals surface area contributed by atoms with Crippen LogP contribution in [0.15, 0.2) is 54.9 Å². The van der Waals surface area contributed by atoms with Crippen molar-refractivity contribution in [2.45, 2.75) is 25.7 Å². The second-order valence-corrected chi connectivity index (χ2v) is 6.86. The summed E-state index contributed by atoms with van der Waals surface area (Å²) in [5.41, 5.74) is 1.34. The fourth-order valence-corrected chi connectivity index (χ4v) is 3.47. The molecule has 0 aliphatic carbocycles. The van der Waals surface area contributed by atoms with Crippen LogP contribution in [0, 0.1) is 6.92 Å². The Bertz CT molecular complexity index is 962. The summed E-state index contributed by atoms with van der Waals surface area (Å²) in [5.74, 6) is 2.24. The average molecular weight is 374 g/mol. The molecule has 1 unspecified atom stereocenters. The van der Waals surface area contributed by atoms with Crippen molar-refractivity contribution >= 4 is 17.5 Å². The van der Waals surface area contributed by atoms with E-state index in [-0.39, 0.29) is 11.8 Å². The number of carbonyl (C=O) groups excluding carboxylic acids is 1. The summed E-state index contributed by atoms with van der Waals surface area (Å²) < 4.78 is 0. The summed E-state index contributed by atoms with van der Waals surface area (Å²) in [6.45, 7) is 3.69. The Kier molecular flexibility index (Phi) is 5.23. The second-order valence-electron chi connectivity index (χ2n) is 6.86. The maximum Gasteiger partial charge on any atom is 0.275 e. The van der Waals surface area contributed by atoms with Crippen LogP contribution in [0.1, 0.15) is 40.8 Å². The van der Waals surface area contributed by atoms with Crippen molar-refractivity contribution in [1.82, 2.24) is 19.9 Å². The van der Waals surface area contributed by atoms with E-state index in [0.29, 0.717) is 11.5 Å². The molecule has 1 N–H and O–H groups in total. The van der Waals surface area contributed by atoms with E-state index in [0.717, 1.165) is 43.3 Å². The molecule has 4 rings (SSSR count). The molecule has 28 heavy (non-hydrogen) atoms. The topological polar surface area (TPSA) is 83.9 Å². The fraction of sp³-hybridized carbons (Fsp3) is 0.286. The van der Waals surface area contributed by atoms with Gasteiger partial charge >= 0.3 is 0 Å². The molecular weight excluding hydrogens is 352 g/mol. The molecule has 1 amide bonds. The minimum absolute atomic E-state index is 0.250.